The minimum atomic E-state index is -4.05. The molecule has 1 aromatic carbocycles. The number of sulfonamides is 1. The number of anilines is 1. The maximum Gasteiger partial charge on any atom is 0.306 e. The minimum Gasteiger partial charge on any atom is -0.469 e. The molecule has 0 aliphatic rings. The maximum atomic E-state index is 13.8. The first-order chi connectivity index (χ1) is 8.77. The number of nitrogens with two attached hydrogens (primary N) is 1. The topological polar surface area (TPSA) is 98.5 Å². The Labute approximate surface area is 110 Å². The number of halogens is 1. The Morgan fingerprint density at radius 3 is 2.68 bits per heavy atom. The van der Waals surface area contributed by atoms with Gasteiger partial charge in [0.1, 0.15) is 10.7 Å². The average Bonchev–Trinajstić information content (AvgIpc) is 2.33. The number of hydrogen-bond acceptors (Lipinski definition) is 5. The van der Waals surface area contributed by atoms with Gasteiger partial charge in [-0.2, -0.15) is 0 Å². The van der Waals surface area contributed by atoms with Crippen molar-refractivity contribution in [3.05, 3.63) is 23.5 Å². The van der Waals surface area contributed by atoms with Gasteiger partial charge in [-0.1, -0.05) is 0 Å². The van der Waals surface area contributed by atoms with Gasteiger partial charge in [0.05, 0.1) is 13.5 Å². The Balaban J connectivity index is 2.92. The lowest BCUT2D eigenvalue weighted by atomic mass is 10.2. The van der Waals surface area contributed by atoms with Crippen LogP contribution in [-0.4, -0.2) is 28.0 Å². The summed E-state index contributed by atoms with van der Waals surface area (Å²) >= 11 is 0. The second kappa shape index (κ2) is 5.98. The molecule has 3 N–H and O–H groups in total. The number of benzene rings is 1. The maximum absolute atomic E-state index is 13.8. The third kappa shape index (κ3) is 3.90. The van der Waals surface area contributed by atoms with Gasteiger partial charge in [0.25, 0.3) is 0 Å². The van der Waals surface area contributed by atoms with Crippen molar-refractivity contribution in [1.82, 2.24) is 4.72 Å². The average molecular weight is 290 g/mol. The highest BCUT2D eigenvalue weighted by molar-refractivity contribution is 7.89. The molecule has 19 heavy (non-hydrogen) atoms. The van der Waals surface area contributed by atoms with Gasteiger partial charge in [0.15, 0.2) is 0 Å². The lowest BCUT2D eigenvalue weighted by Gasteiger charge is -2.09. The summed E-state index contributed by atoms with van der Waals surface area (Å²) in [6, 6.07) is 2.37. The lowest BCUT2D eigenvalue weighted by Crippen LogP contribution is -2.27. The van der Waals surface area contributed by atoms with E-state index in [2.05, 4.69) is 9.46 Å². The first-order valence-electron chi connectivity index (χ1n) is 5.40. The number of carbonyl (C=O) groups excluding carboxylic acids is 1. The van der Waals surface area contributed by atoms with E-state index in [0.29, 0.717) is 0 Å². The molecule has 0 heterocycles. The van der Waals surface area contributed by atoms with E-state index in [1.165, 1.54) is 20.1 Å². The van der Waals surface area contributed by atoms with Crippen LogP contribution in [0.5, 0.6) is 0 Å². The van der Waals surface area contributed by atoms with Crippen LogP contribution in [0.2, 0.25) is 0 Å². The number of esters is 1. The van der Waals surface area contributed by atoms with Gasteiger partial charge < -0.3 is 10.5 Å². The molecular weight excluding hydrogens is 275 g/mol. The Kier molecular flexibility index (Phi) is 4.84. The van der Waals surface area contributed by atoms with Crippen LogP contribution in [0.15, 0.2) is 17.0 Å². The fraction of sp³-hybridized carbons (Fsp3) is 0.364. The lowest BCUT2D eigenvalue weighted by molar-refractivity contribution is -0.140. The molecule has 6 nitrogen and oxygen atoms in total. The number of methoxy groups -OCH3 is 1. The number of hydrogen-bond donors (Lipinski definition) is 2. The molecule has 1 aromatic rings. The molecule has 8 heteroatoms. The number of rotatable bonds is 5. The molecule has 1 rings (SSSR count). The molecule has 0 atom stereocenters. The largest absolute Gasteiger partial charge is 0.469 e. The van der Waals surface area contributed by atoms with Crippen molar-refractivity contribution in [3.8, 4) is 0 Å². The van der Waals surface area contributed by atoms with Gasteiger partial charge in [0.2, 0.25) is 10.0 Å². The van der Waals surface area contributed by atoms with Gasteiger partial charge in [-0.15, -0.1) is 0 Å². The first-order valence-corrected chi connectivity index (χ1v) is 6.88. The van der Waals surface area contributed by atoms with Crippen LogP contribution in [-0.2, 0) is 19.6 Å². The van der Waals surface area contributed by atoms with Crippen LogP contribution in [0.1, 0.15) is 12.0 Å². The number of nitrogen functional groups attached to an aromatic ring is 1. The molecule has 0 unspecified atom stereocenters. The van der Waals surface area contributed by atoms with Crippen LogP contribution >= 0.6 is 0 Å². The van der Waals surface area contributed by atoms with Gasteiger partial charge in [0, 0.05) is 12.2 Å². The predicted molar refractivity (Wildman–Crippen MR) is 67.4 cm³/mol. The van der Waals surface area contributed by atoms with Gasteiger partial charge in [-0.3, -0.25) is 4.79 Å². The van der Waals surface area contributed by atoms with Crippen LogP contribution in [0, 0.1) is 12.7 Å². The normalized spacial score (nSPS) is 11.3. The van der Waals surface area contributed by atoms with E-state index < -0.39 is 26.7 Å². The van der Waals surface area contributed by atoms with E-state index >= 15 is 0 Å². The Hall–Kier alpha value is -1.67. The molecule has 0 saturated carbocycles. The molecule has 106 valence electrons. The number of ether oxygens (including phenoxy) is 1. The van der Waals surface area contributed by atoms with Crippen molar-refractivity contribution in [1.29, 1.82) is 0 Å². The van der Waals surface area contributed by atoms with E-state index in [1.807, 2.05) is 0 Å². The molecule has 0 amide bonds. The summed E-state index contributed by atoms with van der Waals surface area (Å²) in [6.07, 6.45) is -0.140. The van der Waals surface area contributed by atoms with E-state index in [-0.39, 0.29) is 24.2 Å². The zero-order valence-corrected chi connectivity index (χ0v) is 11.4. The highest BCUT2D eigenvalue weighted by Crippen LogP contribution is 2.21. The Morgan fingerprint density at radius 1 is 1.47 bits per heavy atom. The Bertz CT molecular complexity index is 587. The SMILES string of the molecule is COC(=O)CCNS(=O)(=O)c1cc(N)cc(C)c1F. The third-order valence-corrected chi connectivity index (χ3v) is 3.84. The first kappa shape index (κ1) is 15.4. The van der Waals surface area contributed by atoms with Gasteiger partial charge in [-0.05, 0) is 24.6 Å². The standard InChI is InChI=1S/C11H15FN2O4S/c1-7-5-8(13)6-9(11(7)12)19(16,17)14-4-3-10(15)18-2/h5-6,14H,3-4,13H2,1-2H3. The molecule has 0 aliphatic heterocycles. The van der Waals surface area contributed by atoms with E-state index in [1.54, 1.807) is 0 Å². The number of carbonyl (C=O) groups is 1. The number of aryl methyl sites for hydroxylation is 1. The van der Waals surface area contributed by atoms with Crippen LogP contribution in [0.25, 0.3) is 0 Å². The van der Waals surface area contributed by atoms with E-state index in [0.717, 1.165) is 6.07 Å². The molecule has 0 aromatic heterocycles. The second-order valence-corrected chi connectivity index (χ2v) is 5.61. The molecule has 0 radical (unpaired) electrons. The van der Waals surface area contributed by atoms with Crippen molar-refractivity contribution in [2.45, 2.75) is 18.2 Å². The zero-order valence-electron chi connectivity index (χ0n) is 10.6. The van der Waals surface area contributed by atoms with E-state index in [4.69, 9.17) is 5.73 Å². The summed E-state index contributed by atoms with van der Waals surface area (Å²) in [6.45, 7) is 1.24. The summed E-state index contributed by atoms with van der Waals surface area (Å²) in [5.41, 5.74) is 5.77. The summed E-state index contributed by atoms with van der Waals surface area (Å²) in [5.74, 6) is -1.42. The Morgan fingerprint density at radius 2 is 2.11 bits per heavy atom. The summed E-state index contributed by atoms with van der Waals surface area (Å²) in [4.78, 5) is 10.3. The van der Waals surface area contributed by atoms with Crippen molar-refractivity contribution in [2.75, 3.05) is 19.4 Å². The van der Waals surface area contributed by atoms with Crippen molar-refractivity contribution in [3.63, 3.8) is 0 Å². The highest BCUT2D eigenvalue weighted by atomic mass is 32.2. The summed E-state index contributed by atoms with van der Waals surface area (Å²) in [7, 11) is -2.86. The second-order valence-electron chi connectivity index (χ2n) is 3.87. The van der Waals surface area contributed by atoms with Crippen molar-refractivity contribution < 1.29 is 22.3 Å². The van der Waals surface area contributed by atoms with Crippen molar-refractivity contribution in [2.24, 2.45) is 0 Å². The van der Waals surface area contributed by atoms with Gasteiger partial charge >= 0.3 is 5.97 Å². The third-order valence-electron chi connectivity index (χ3n) is 2.38. The molecule has 0 bridgehead atoms. The van der Waals surface area contributed by atoms with Crippen molar-refractivity contribution >= 4 is 21.7 Å². The van der Waals surface area contributed by atoms with Crippen LogP contribution < -0.4 is 10.5 Å². The summed E-state index contributed by atoms with van der Waals surface area (Å²) < 4.78 is 44.0. The monoisotopic (exact) mass is 290 g/mol. The fourth-order valence-corrected chi connectivity index (χ4v) is 2.64. The highest BCUT2D eigenvalue weighted by Gasteiger charge is 2.21. The smallest absolute Gasteiger partial charge is 0.306 e. The number of nitrogens with one attached hydrogen (secondary N) is 1. The fourth-order valence-electron chi connectivity index (χ4n) is 1.43. The van der Waals surface area contributed by atoms with Crippen LogP contribution in [0.4, 0.5) is 10.1 Å². The van der Waals surface area contributed by atoms with Gasteiger partial charge in [-0.25, -0.2) is 17.5 Å². The zero-order chi connectivity index (χ0) is 14.6. The van der Waals surface area contributed by atoms with E-state index in [9.17, 15) is 17.6 Å². The molecule has 0 spiro atoms. The minimum absolute atomic E-state index is 0.133. The predicted octanol–water partition coefficient (Wildman–Crippen LogP) is 0.558. The molecule has 0 fully saturated rings. The molecule has 0 saturated heterocycles. The summed E-state index contributed by atoms with van der Waals surface area (Å²) in [5, 5.41) is 0. The quantitative estimate of drug-likeness (QED) is 0.610. The molecule has 0 aliphatic carbocycles. The van der Waals surface area contributed by atoms with Crippen LogP contribution in [0.3, 0.4) is 0 Å². The molecular formula is C11H15FN2O4S.